The normalized spacial score (nSPS) is 16.4. The highest BCUT2D eigenvalue weighted by Crippen LogP contribution is 2.23. The van der Waals surface area contributed by atoms with Gasteiger partial charge in [0.25, 0.3) is 0 Å². The Kier molecular flexibility index (Phi) is 9.51. The van der Waals surface area contributed by atoms with Gasteiger partial charge >= 0.3 is 6.09 Å². The summed E-state index contributed by atoms with van der Waals surface area (Å²) < 4.78 is 5.47. The lowest BCUT2D eigenvalue weighted by Gasteiger charge is -2.32. The van der Waals surface area contributed by atoms with Crippen LogP contribution in [0.5, 0.6) is 0 Å². The van der Waals surface area contributed by atoms with Crippen molar-refractivity contribution in [3.05, 3.63) is 71.3 Å². The number of hydrogen-bond donors (Lipinski definition) is 2. The fourth-order valence-corrected chi connectivity index (χ4v) is 4.31. The fourth-order valence-electron chi connectivity index (χ4n) is 4.31. The molecular formula is C28H40N2O4. The first-order chi connectivity index (χ1) is 16.2. The first-order valence-corrected chi connectivity index (χ1v) is 12.4. The Morgan fingerprint density at radius 1 is 1.09 bits per heavy atom. The molecule has 1 amide bonds. The summed E-state index contributed by atoms with van der Waals surface area (Å²) in [5, 5.41) is 16.1. The number of hydrogen-bond acceptors (Lipinski definition) is 5. The average molecular weight is 469 g/mol. The van der Waals surface area contributed by atoms with E-state index in [2.05, 4.69) is 30.4 Å². The maximum Gasteiger partial charge on any atom is 0.407 e. The van der Waals surface area contributed by atoms with Gasteiger partial charge in [0.15, 0.2) is 0 Å². The molecule has 2 N–H and O–H groups in total. The van der Waals surface area contributed by atoms with Crippen LogP contribution in [0.4, 0.5) is 4.79 Å². The van der Waals surface area contributed by atoms with Gasteiger partial charge in [0.05, 0.1) is 24.8 Å². The molecule has 1 aliphatic rings. The van der Waals surface area contributed by atoms with Crippen molar-refractivity contribution < 1.29 is 19.5 Å². The fraction of sp³-hybridized carbons (Fsp3) is 0.536. The Labute approximate surface area is 204 Å². The first-order valence-electron chi connectivity index (χ1n) is 12.4. The highest BCUT2D eigenvalue weighted by Gasteiger charge is 2.28. The molecule has 1 saturated carbocycles. The Morgan fingerprint density at radius 3 is 2.41 bits per heavy atom. The second kappa shape index (κ2) is 12.3. The summed E-state index contributed by atoms with van der Waals surface area (Å²) in [4.78, 5) is 18.9. The number of carbonyl (C=O) groups excluding carboxylic acids is 1. The van der Waals surface area contributed by atoms with Crippen molar-refractivity contribution in [2.75, 3.05) is 6.54 Å². The van der Waals surface area contributed by atoms with E-state index in [9.17, 15) is 9.90 Å². The van der Waals surface area contributed by atoms with E-state index in [1.807, 2.05) is 62.2 Å². The van der Waals surface area contributed by atoms with Crippen molar-refractivity contribution in [3.63, 3.8) is 0 Å². The number of aryl methyl sites for hydroxylation is 1. The van der Waals surface area contributed by atoms with Crippen molar-refractivity contribution in [1.82, 2.24) is 10.4 Å². The van der Waals surface area contributed by atoms with E-state index >= 15 is 0 Å². The van der Waals surface area contributed by atoms with Crippen molar-refractivity contribution in [3.8, 4) is 0 Å². The molecule has 3 rings (SSSR count). The minimum Gasteiger partial charge on any atom is -0.444 e. The standard InChI is InChI=1S/C28H40N2O4/c1-21-11-10-14-23(17-21)19-30(34-24-15-8-9-16-24)20-26(31)25(18-22-12-6-5-7-13-22)29-27(32)33-28(2,3)4/h5-7,10-14,17,24-26,31H,8-9,15-16,18-20H2,1-4H3,(H,29,32). The second-order valence-electron chi connectivity index (χ2n) is 10.3. The average Bonchev–Trinajstić information content (AvgIpc) is 3.25. The molecule has 0 spiro atoms. The Bertz CT molecular complexity index is 891. The first kappa shape index (κ1) is 26.2. The number of benzene rings is 2. The van der Waals surface area contributed by atoms with E-state index in [-0.39, 0.29) is 12.6 Å². The third-order valence-electron chi connectivity index (χ3n) is 5.90. The topological polar surface area (TPSA) is 71.0 Å². The molecule has 0 aromatic heterocycles. The number of nitrogens with one attached hydrogen (secondary N) is 1. The van der Waals surface area contributed by atoms with E-state index in [1.54, 1.807) is 0 Å². The lowest BCUT2D eigenvalue weighted by atomic mass is 10.0. The molecule has 2 unspecified atom stereocenters. The monoisotopic (exact) mass is 468 g/mol. The van der Waals surface area contributed by atoms with Gasteiger partial charge in [0.1, 0.15) is 5.60 Å². The number of alkyl carbamates (subject to hydrolysis) is 1. The van der Waals surface area contributed by atoms with E-state index in [4.69, 9.17) is 9.57 Å². The summed E-state index contributed by atoms with van der Waals surface area (Å²) in [5.74, 6) is 0. The van der Waals surface area contributed by atoms with E-state index in [0.717, 1.165) is 24.0 Å². The number of aliphatic hydroxyl groups excluding tert-OH is 1. The number of carbonyl (C=O) groups is 1. The highest BCUT2D eigenvalue weighted by atomic mass is 16.7. The van der Waals surface area contributed by atoms with E-state index in [0.29, 0.717) is 13.0 Å². The minimum atomic E-state index is -0.848. The molecule has 2 atom stereocenters. The van der Waals surface area contributed by atoms with Gasteiger partial charge < -0.3 is 15.2 Å². The molecular weight excluding hydrogens is 428 g/mol. The summed E-state index contributed by atoms with van der Waals surface area (Å²) in [5.41, 5.74) is 2.73. The zero-order valence-corrected chi connectivity index (χ0v) is 21.0. The number of ether oxygens (including phenoxy) is 1. The Balaban J connectivity index is 1.74. The van der Waals surface area contributed by atoms with Crippen LogP contribution < -0.4 is 5.32 Å². The molecule has 186 valence electrons. The Morgan fingerprint density at radius 2 is 1.76 bits per heavy atom. The van der Waals surface area contributed by atoms with Crippen LogP contribution >= 0.6 is 0 Å². The number of rotatable bonds is 10. The second-order valence-corrected chi connectivity index (χ2v) is 10.3. The van der Waals surface area contributed by atoms with Gasteiger partial charge in [-0.05, 0) is 58.1 Å². The van der Waals surface area contributed by atoms with Crippen molar-refractivity contribution in [1.29, 1.82) is 0 Å². The van der Waals surface area contributed by atoms with E-state index < -0.39 is 23.8 Å². The molecule has 0 radical (unpaired) electrons. The molecule has 0 saturated heterocycles. The van der Waals surface area contributed by atoms with Crippen LogP contribution in [0.1, 0.15) is 63.1 Å². The number of nitrogens with zero attached hydrogens (tertiary/aromatic N) is 1. The SMILES string of the molecule is Cc1cccc(CN(CC(O)C(Cc2ccccc2)NC(=O)OC(C)(C)C)OC2CCCC2)c1. The molecule has 34 heavy (non-hydrogen) atoms. The van der Waals surface area contributed by atoms with Crippen LogP contribution in [0.25, 0.3) is 0 Å². The zero-order valence-electron chi connectivity index (χ0n) is 21.0. The van der Waals surface area contributed by atoms with Crippen molar-refractivity contribution in [2.24, 2.45) is 0 Å². The molecule has 6 nitrogen and oxygen atoms in total. The number of hydroxylamine groups is 2. The van der Waals surface area contributed by atoms with Gasteiger partial charge in [0, 0.05) is 6.54 Å². The third-order valence-corrected chi connectivity index (χ3v) is 5.90. The molecule has 1 aliphatic carbocycles. The van der Waals surface area contributed by atoms with E-state index in [1.165, 1.54) is 18.4 Å². The van der Waals surface area contributed by atoms with Crippen LogP contribution in [0.3, 0.4) is 0 Å². The van der Waals surface area contributed by atoms with Gasteiger partial charge in [0.2, 0.25) is 0 Å². The van der Waals surface area contributed by atoms with Crippen LogP contribution in [-0.2, 0) is 22.5 Å². The van der Waals surface area contributed by atoms with Crippen LogP contribution in [0, 0.1) is 6.92 Å². The highest BCUT2D eigenvalue weighted by molar-refractivity contribution is 5.68. The number of aliphatic hydroxyl groups is 1. The van der Waals surface area contributed by atoms with Gasteiger partial charge in [-0.15, -0.1) is 0 Å². The summed E-state index contributed by atoms with van der Waals surface area (Å²) in [6, 6.07) is 17.7. The van der Waals surface area contributed by atoms with Gasteiger partial charge in [-0.2, -0.15) is 5.06 Å². The van der Waals surface area contributed by atoms with Gasteiger partial charge in [-0.3, -0.25) is 4.84 Å². The van der Waals surface area contributed by atoms with Gasteiger partial charge in [-0.1, -0.05) is 73.0 Å². The summed E-state index contributed by atoms with van der Waals surface area (Å²) in [6.45, 7) is 8.40. The van der Waals surface area contributed by atoms with Crippen LogP contribution in [0.2, 0.25) is 0 Å². The lowest BCUT2D eigenvalue weighted by molar-refractivity contribution is -0.214. The summed E-state index contributed by atoms with van der Waals surface area (Å²) >= 11 is 0. The molecule has 6 heteroatoms. The van der Waals surface area contributed by atoms with Crippen molar-refractivity contribution >= 4 is 6.09 Å². The maximum absolute atomic E-state index is 12.6. The lowest BCUT2D eigenvalue weighted by Crippen LogP contribution is -2.50. The molecule has 2 aromatic rings. The number of amides is 1. The predicted octanol–water partition coefficient (Wildman–Crippen LogP) is 5.17. The molecule has 1 fully saturated rings. The summed E-state index contributed by atoms with van der Waals surface area (Å²) in [7, 11) is 0. The van der Waals surface area contributed by atoms with Crippen LogP contribution in [0.15, 0.2) is 54.6 Å². The quantitative estimate of drug-likeness (QED) is 0.471. The predicted molar refractivity (Wildman–Crippen MR) is 134 cm³/mol. The Hall–Kier alpha value is -2.41. The molecule has 2 aromatic carbocycles. The zero-order chi connectivity index (χ0) is 24.6. The molecule has 0 bridgehead atoms. The molecule has 0 heterocycles. The van der Waals surface area contributed by atoms with Gasteiger partial charge in [-0.25, -0.2) is 4.79 Å². The maximum atomic E-state index is 12.6. The third kappa shape index (κ3) is 9.09. The molecule has 0 aliphatic heterocycles. The minimum absolute atomic E-state index is 0.170. The van der Waals surface area contributed by atoms with Crippen LogP contribution in [-0.4, -0.2) is 46.7 Å². The van der Waals surface area contributed by atoms with Crippen molar-refractivity contribution in [2.45, 2.75) is 90.2 Å². The smallest absolute Gasteiger partial charge is 0.407 e. The summed E-state index contributed by atoms with van der Waals surface area (Å²) in [6.07, 6.45) is 3.68. The largest absolute Gasteiger partial charge is 0.444 e.